The number of nitrogens with zero attached hydrogens (tertiary/aromatic N) is 3. The molecule has 1 N–H and O–H groups in total. The second kappa shape index (κ2) is 5.42. The van der Waals surface area contributed by atoms with Crippen LogP contribution in [0.2, 0.25) is 0 Å². The molecule has 1 saturated heterocycles. The van der Waals surface area contributed by atoms with E-state index in [9.17, 15) is 13.2 Å². The molecule has 0 bridgehead atoms. The highest BCUT2D eigenvalue weighted by atomic mass is 32.2. The maximum Gasteiger partial charge on any atom is 0.306 e. The summed E-state index contributed by atoms with van der Waals surface area (Å²) in [5, 5.41) is 13.2. The van der Waals surface area contributed by atoms with Gasteiger partial charge in [0.2, 0.25) is 10.0 Å². The van der Waals surface area contributed by atoms with Crippen LogP contribution in [0.5, 0.6) is 0 Å². The number of hydrogen-bond acceptors (Lipinski definition) is 4. The predicted molar refractivity (Wildman–Crippen MR) is 76.4 cm³/mol. The minimum atomic E-state index is -3.64. The van der Waals surface area contributed by atoms with E-state index in [0.29, 0.717) is 24.2 Å². The molecule has 2 unspecified atom stereocenters. The fraction of sp³-hybridized carbons (Fsp3) is 0.692. The average molecular weight is 315 g/mol. The minimum Gasteiger partial charge on any atom is -0.481 e. The highest BCUT2D eigenvalue weighted by Gasteiger charge is 2.39. The van der Waals surface area contributed by atoms with Crippen LogP contribution in [0.25, 0.3) is 0 Å². The summed E-state index contributed by atoms with van der Waals surface area (Å²) in [4.78, 5) is 11.3. The Kier molecular flexibility index (Phi) is 4.12. The van der Waals surface area contributed by atoms with Crippen LogP contribution in [-0.4, -0.2) is 46.2 Å². The standard InChI is InChI=1S/C13H21N3O4S/c1-8-7-11(13(17)18)5-6-16(8)21(19,20)12-9(2)14-15(4)10(12)3/h8,11H,5-7H2,1-4H3,(H,17,18). The van der Waals surface area contributed by atoms with Crippen LogP contribution in [-0.2, 0) is 21.9 Å². The quantitative estimate of drug-likeness (QED) is 0.895. The molecule has 2 heterocycles. The highest BCUT2D eigenvalue weighted by Crippen LogP contribution is 2.31. The van der Waals surface area contributed by atoms with E-state index in [2.05, 4.69) is 5.10 Å². The number of carboxylic acid groups (broad SMARTS) is 1. The number of aromatic nitrogens is 2. The molecule has 0 saturated carbocycles. The third kappa shape index (κ3) is 2.69. The van der Waals surface area contributed by atoms with Crippen LogP contribution in [0.4, 0.5) is 0 Å². The predicted octanol–water partition coefficient (Wildman–Crippen LogP) is 0.911. The van der Waals surface area contributed by atoms with Crippen molar-refractivity contribution in [2.24, 2.45) is 13.0 Å². The molecule has 0 radical (unpaired) electrons. The first-order chi connectivity index (χ1) is 9.66. The second-order valence-corrected chi connectivity index (χ2v) is 7.48. The summed E-state index contributed by atoms with van der Waals surface area (Å²) >= 11 is 0. The molecular formula is C13H21N3O4S. The molecule has 1 aliphatic heterocycles. The van der Waals surface area contributed by atoms with Crippen molar-refractivity contribution in [3.05, 3.63) is 11.4 Å². The molecule has 0 aliphatic carbocycles. The van der Waals surface area contributed by atoms with Gasteiger partial charge in [0.25, 0.3) is 0 Å². The first-order valence-electron chi connectivity index (χ1n) is 6.91. The Morgan fingerprint density at radius 2 is 2.00 bits per heavy atom. The largest absolute Gasteiger partial charge is 0.481 e. The topological polar surface area (TPSA) is 92.5 Å². The van der Waals surface area contributed by atoms with Crippen LogP contribution in [0.1, 0.15) is 31.2 Å². The Bertz CT molecular complexity index is 665. The van der Waals surface area contributed by atoms with Gasteiger partial charge in [-0.25, -0.2) is 8.42 Å². The molecule has 0 amide bonds. The molecule has 1 fully saturated rings. The van der Waals surface area contributed by atoms with Crippen molar-refractivity contribution in [3.8, 4) is 0 Å². The number of hydrogen-bond donors (Lipinski definition) is 1. The number of aliphatic carboxylic acids is 1. The summed E-state index contributed by atoms with van der Waals surface area (Å²) in [6, 6.07) is -0.330. The van der Waals surface area contributed by atoms with Crippen LogP contribution in [0, 0.1) is 19.8 Å². The Labute approximate surface area is 124 Å². The molecule has 118 valence electrons. The van der Waals surface area contributed by atoms with Gasteiger partial charge in [0.15, 0.2) is 0 Å². The van der Waals surface area contributed by atoms with Crippen LogP contribution in [0.3, 0.4) is 0 Å². The Balaban J connectivity index is 2.35. The molecule has 8 heteroatoms. The normalized spacial score (nSPS) is 24.2. The van der Waals surface area contributed by atoms with Gasteiger partial charge in [0, 0.05) is 19.6 Å². The van der Waals surface area contributed by atoms with Crippen molar-refractivity contribution in [1.29, 1.82) is 0 Å². The van der Waals surface area contributed by atoms with E-state index in [1.165, 1.54) is 4.31 Å². The Morgan fingerprint density at radius 3 is 2.43 bits per heavy atom. The lowest BCUT2D eigenvalue weighted by Gasteiger charge is -2.35. The van der Waals surface area contributed by atoms with Crippen LogP contribution < -0.4 is 0 Å². The van der Waals surface area contributed by atoms with E-state index in [-0.39, 0.29) is 17.5 Å². The SMILES string of the molecule is Cc1nn(C)c(C)c1S(=O)(=O)N1CCC(C(=O)O)CC1C. The third-order valence-electron chi connectivity index (χ3n) is 4.17. The lowest BCUT2D eigenvalue weighted by Crippen LogP contribution is -2.46. The monoisotopic (exact) mass is 315 g/mol. The highest BCUT2D eigenvalue weighted by molar-refractivity contribution is 7.89. The molecule has 21 heavy (non-hydrogen) atoms. The summed E-state index contributed by atoms with van der Waals surface area (Å²) in [6.45, 7) is 5.39. The van der Waals surface area contributed by atoms with Crippen molar-refractivity contribution >= 4 is 16.0 Å². The molecule has 0 aromatic carbocycles. The minimum absolute atomic E-state index is 0.230. The van der Waals surface area contributed by atoms with Crippen molar-refractivity contribution in [3.63, 3.8) is 0 Å². The zero-order chi connectivity index (χ0) is 15.9. The van der Waals surface area contributed by atoms with Crippen molar-refractivity contribution in [2.75, 3.05) is 6.54 Å². The summed E-state index contributed by atoms with van der Waals surface area (Å²) < 4.78 is 28.7. The zero-order valence-electron chi connectivity index (χ0n) is 12.7. The van der Waals surface area contributed by atoms with Gasteiger partial charge in [0.1, 0.15) is 4.90 Å². The van der Waals surface area contributed by atoms with Crippen LogP contribution >= 0.6 is 0 Å². The Morgan fingerprint density at radius 1 is 1.38 bits per heavy atom. The van der Waals surface area contributed by atoms with E-state index in [0.717, 1.165) is 0 Å². The van der Waals surface area contributed by atoms with Gasteiger partial charge < -0.3 is 5.11 Å². The summed E-state index contributed by atoms with van der Waals surface area (Å²) in [5.41, 5.74) is 1.07. The molecular weight excluding hydrogens is 294 g/mol. The maximum absolute atomic E-state index is 12.9. The fourth-order valence-corrected chi connectivity index (χ4v) is 5.04. The second-order valence-electron chi connectivity index (χ2n) is 5.65. The van der Waals surface area contributed by atoms with Crippen molar-refractivity contribution in [1.82, 2.24) is 14.1 Å². The van der Waals surface area contributed by atoms with Gasteiger partial charge in [-0.3, -0.25) is 9.48 Å². The van der Waals surface area contributed by atoms with E-state index in [4.69, 9.17) is 5.11 Å². The van der Waals surface area contributed by atoms with Crippen molar-refractivity contribution in [2.45, 2.75) is 44.6 Å². The molecule has 1 aliphatic rings. The molecule has 2 atom stereocenters. The molecule has 0 spiro atoms. The summed E-state index contributed by atoms with van der Waals surface area (Å²) in [6.07, 6.45) is 0.685. The lowest BCUT2D eigenvalue weighted by molar-refractivity contribution is -0.143. The average Bonchev–Trinajstić information content (AvgIpc) is 2.62. The summed E-state index contributed by atoms with van der Waals surface area (Å²) in [7, 11) is -1.93. The van der Waals surface area contributed by atoms with Gasteiger partial charge in [-0.05, 0) is 33.6 Å². The lowest BCUT2D eigenvalue weighted by atomic mass is 9.93. The van der Waals surface area contributed by atoms with E-state index in [1.807, 2.05) is 0 Å². The van der Waals surface area contributed by atoms with Crippen molar-refractivity contribution < 1.29 is 18.3 Å². The first kappa shape index (κ1) is 16.0. The molecule has 2 rings (SSSR count). The third-order valence-corrected chi connectivity index (χ3v) is 6.44. The summed E-state index contributed by atoms with van der Waals surface area (Å²) in [5.74, 6) is -1.32. The first-order valence-corrected chi connectivity index (χ1v) is 8.35. The number of carbonyl (C=O) groups is 1. The smallest absolute Gasteiger partial charge is 0.306 e. The van der Waals surface area contributed by atoms with Gasteiger partial charge >= 0.3 is 5.97 Å². The fourth-order valence-electron chi connectivity index (χ4n) is 2.98. The van der Waals surface area contributed by atoms with Crippen LogP contribution in [0.15, 0.2) is 4.90 Å². The Hall–Kier alpha value is -1.41. The van der Waals surface area contributed by atoms with E-state index in [1.54, 1.807) is 32.5 Å². The van der Waals surface area contributed by atoms with Gasteiger partial charge in [0.05, 0.1) is 17.3 Å². The molecule has 1 aromatic rings. The number of rotatable bonds is 3. The van der Waals surface area contributed by atoms with E-state index >= 15 is 0 Å². The molecule has 1 aromatic heterocycles. The van der Waals surface area contributed by atoms with Gasteiger partial charge in [-0.1, -0.05) is 0 Å². The van der Waals surface area contributed by atoms with E-state index < -0.39 is 21.9 Å². The zero-order valence-corrected chi connectivity index (χ0v) is 13.5. The number of sulfonamides is 1. The number of aryl methyl sites for hydroxylation is 2. The number of piperidine rings is 1. The van der Waals surface area contributed by atoms with Gasteiger partial charge in [-0.2, -0.15) is 9.40 Å². The van der Waals surface area contributed by atoms with Gasteiger partial charge in [-0.15, -0.1) is 0 Å². The molecule has 7 nitrogen and oxygen atoms in total. The maximum atomic E-state index is 12.9. The number of carboxylic acids is 1.